The fourth-order valence-corrected chi connectivity index (χ4v) is 1.85. The third-order valence-electron chi connectivity index (χ3n) is 3.51. The van der Waals surface area contributed by atoms with Crippen molar-refractivity contribution in [3.8, 4) is 0 Å². The summed E-state index contributed by atoms with van der Waals surface area (Å²) in [6.07, 6.45) is 2.08. The highest BCUT2D eigenvalue weighted by atomic mass is 16.1. The smallest absolute Gasteiger partial charge is 0.169 e. The molecule has 0 aromatic heterocycles. The van der Waals surface area contributed by atoms with Crippen LogP contribution >= 0.6 is 0 Å². The normalized spacial score (nSPS) is 13.5. The molecule has 2 heteroatoms. The average molecular weight is 259 g/mol. The minimum atomic E-state index is -0.0624. The number of hydrogen-bond acceptors (Lipinski definition) is 2. The summed E-state index contributed by atoms with van der Waals surface area (Å²) in [5, 5.41) is 0. The molecule has 0 saturated carbocycles. The molecule has 1 aromatic carbocycles. The Morgan fingerprint density at radius 2 is 1.63 bits per heavy atom. The zero-order valence-electron chi connectivity index (χ0n) is 12.9. The molecule has 104 valence electrons. The van der Waals surface area contributed by atoms with Gasteiger partial charge in [0, 0.05) is 31.3 Å². The maximum absolute atomic E-state index is 12.3. The molecule has 1 atom stereocenters. The molecule has 0 amide bonds. The van der Waals surface area contributed by atoms with Gasteiger partial charge < -0.3 is 4.90 Å². The fraction of sp³-hybridized carbons (Fsp3) is 0.471. The third-order valence-corrected chi connectivity index (χ3v) is 3.51. The SMILES string of the molecule is C/C(=C\[C@H](C)C(=O)c1ccc(N(C)C)cc1)C(C)C. The lowest BCUT2D eigenvalue weighted by atomic mass is 9.94. The van der Waals surface area contributed by atoms with Crippen molar-refractivity contribution in [2.45, 2.75) is 27.7 Å². The number of allylic oxidation sites excluding steroid dienone is 2. The fourth-order valence-electron chi connectivity index (χ4n) is 1.85. The second kappa shape index (κ2) is 6.55. The first-order valence-electron chi connectivity index (χ1n) is 6.82. The van der Waals surface area contributed by atoms with Gasteiger partial charge in [-0.15, -0.1) is 0 Å². The Kier molecular flexibility index (Phi) is 5.34. The van der Waals surface area contributed by atoms with E-state index in [-0.39, 0.29) is 11.7 Å². The van der Waals surface area contributed by atoms with Crippen LogP contribution in [0.15, 0.2) is 35.9 Å². The first-order valence-corrected chi connectivity index (χ1v) is 6.82. The summed E-state index contributed by atoms with van der Waals surface area (Å²) in [5.41, 5.74) is 3.16. The third kappa shape index (κ3) is 4.23. The van der Waals surface area contributed by atoms with Crippen molar-refractivity contribution in [2.24, 2.45) is 11.8 Å². The number of Topliss-reactive ketones (excluding diaryl/α,β-unsaturated/α-hetero) is 1. The summed E-state index contributed by atoms with van der Waals surface area (Å²) in [4.78, 5) is 14.4. The van der Waals surface area contributed by atoms with E-state index in [1.54, 1.807) is 0 Å². The van der Waals surface area contributed by atoms with Crippen LogP contribution in [0.4, 0.5) is 5.69 Å². The van der Waals surface area contributed by atoms with Gasteiger partial charge in [-0.05, 0) is 37.1 Å². The second-order valence-electron chi connectivity index (χ2n) is 5.66. The number of rotatable bonds is 5. The number of hydrogen-bond donors (Lipinski definition) is 0. The summed E-state index contributed by atoms with van der Waals surface area (Å²) in [6, 6.07) is 7.79. The molecule has 0 radical (unpaired) electrons. The van der Waals surface area contributed by atoms with Crippen molar-refractivity contribution >= 4 is 11.5 Å². The molecule has 0 saturated heterocycles. The van der Waals surface area contributed by atoms with E-state index in [9.17, 15) is 4.79 Å². The molecule has 0 bridgehead atoms. The van der Waals surface area contributed by atoms with Gasteiger partial charge in [-0.2, -0.15) is 0 Å². The Labute approximate surface area is 117 Å². The molecule has 0 aliphatic rings. The number of anilines is 1. The van der Waals surface area contributed by atoms with E-state index >= 15 is 0 Å². The summed E-state index contributed by atoms with van der Waals surface area (Å²) in [6.45, 7) is 8.35. The van der Waals surface area contributed by atoms with Crippen LogP contribution in [0.2, 0.25) is 0 Å². The van der Waals surface area contributed by atoms with E-state index in [0.29, 0.717) is 5.92 Å². The van der Waals surface area contributed by atoms with Crippen LogP contribution in [0.1, 0.15) is 38.1 Å². The molecular formula is C17H25NO. The highest BCUT2D eigenvalue weighted by Crippen LogP contribution is 2.18. The maximum Gasteiger partial charge on any atom is 0.169 e. The zero-order valence-corrected chi connectivity index (χ0v) is 12.9. The Morgan fingerprint density at radius 1 is 1.11 bits per heavy atom. The van der Waals surface area contributed by atoms with E-state index in [4.69, 9.17) is 0 Å². The molecule has 1 rings (SSSR count). The van der Waals surface area contributed by atoms with Gasteiger partial charge in [0.1, 0.15) is 0 Å². The number of benzene rings is 1. The van der Waals surface area contributed by atoms with E-state index < -0.39 is 0 Å². The van der Waals surface area contributed by atoms with Crippen molar-refractivity contribution in [3.63, 3.8) is 0 Å². The molecular weight excluding hydrogens is 234 g/mol. The van der Waals surface area contributed by atoms with Gasteiger partial charge in [0.25, 0.3) is 0 Å². The molecule has 0 N–H and O–H groups in total. The topological polar surface area (TPSA) is 20.3 Å². The first-order chi connectivity index (χ1) is 8.82. The predicted octanol–water partition coefficient (Wildman–Crippen LogP) is 4.17. The van der Waals surface area contributed by atoms with Gasteiger partial charge >= 0.3 is 0 Å². The van der Waals surface area contributed by atoms with E-state index in [0.717, 1.165) is 11.3 Å². The van der Waals surface area contributed by atoms with Crippen LogP contribution in [-0.4, -0.2) is 19.9 Å². The minimum absolute atomic E-state index is 0.0624. The van der Waals surface area contributed by atoms with Crippen molar-refractivity contribution in [2.75, 3.05) is 19.0 Å². The van der Waals surface area contributed by atoms with Gasteiger partial charge in [0.15, 0.2) is 5.78 Å². The van der Waals surface area contributed by atoms with Crippen LogP contribution in [0.25, 0.3) is 0 Å². The minimum Gasteiger partial charge on any atom is -0.378 e. The standard InChI is InChI=1S/C17H25NO/c1-12(2)13(3)11-14(4)17(19)15-7-9-16(10-8-15)18(5)6/h7-12,14H,1-6H3/b13-11+/t14-/m0/s1. The van der Waals surface area contributed by atoms with Crippen LogP contribution in [-0.2, 0) is 0 Å². The van der Waals surface area contributed by atoms with Crippen LogP contribution in [0.3, 0.4) is 0 Å². The molecule has 0 heterocycles. The van der Waals surface area contributed by atoms with E-state index in [1.807, 2.05) is 50.2 Å². The van der Waals surface area contributed by atoms with Crippen LogP contribution in [0, 0.1) is 11.8 Å². The number of carbonyl (C=O) groups excluding carboxylic acids is 1. The summed E-state index contributed by atoms with van der Waals surface area (Å²) in [5.74, 6) is 0.615. The Bertz CT molecular complexity index is 455. The Balaban J connectivity index is 2.85. The quantitative estimate of drug-likeness (QED) is 0.584. The van der Waals surface area contributed by atoms with Crippen molar-refractivity contribution in [1.82, 2.24) is 0 Å². The molecule has 0 spiro atoms. The molecule has 19 heavy (non-hydrogen) atoms. The predicted molar refractivity (Wildman–Crippen MR) is 82.9 cm³/mol. The lowest BCUT2D eigenvalue weighted by Crippen LogP contribution is -2.12. The molecule has 0 fully saturated rings. The van der Waals surface area contributed by atoms with Crippen molar-refractivity contribution < 1.29 is 4.79 Å². The number of nitrogens with zero attached hydrogens (tertiary/aromatic N) is 1. The summed E-state index contributed by atoms with van der Waals surface area (Å²) in [7, 11) is 3.99. The van der Waals surface area contributed by atoms with Gasteiger partial charge in [0.05, 0.1) is 0 Å². The van der Waals surface area contributed by atoms with Crippen LogP contribution < -0.4 is 4.90 Å². The van der Waals surface area contributed by atoms with Gasteiger partial charge in [-0.3, -0.25) is 4.79 Å². The van der Waals surface area contributed by atoms with Crippen LogP contribution in [0.5, 0.6) is 0 Å². The largest absolute Gasteiger partial charge is 0.378 e. The Hall–Kier alpha value is -1.57. The Morgan fingerprint density at radius 3 is 2.05 bits per heavy atom. The first kappa shape index (κ1) is 15.5. The molecule has 0 aliphatic heterocycles. The van der Waals surface area contributed by atoms with E-state index in [2.05, 4.69) is 26.8 Å². The zero-order chi connectivity index (χ0) is 14.6. The van der Waals surface area contributed by atoms with E-state index in [1.165, 1.54) is 5.57 Å². The molecule has 0 unspecified atom stereocenters. The lowest BCUT2D eigenvalue weighted by Gasteiger charge is -2.14. The molecule has 1 aromatic rings. The number of ketones is 1. The molecule has 2 nitrogen and oxygen atoms in total. The highest BCUT2D eigenvalue weighted by Gasteiger charge is 2.13. The molecule has 0 aliphatic carbocycles. The van der Waals surface area contributed by atoms with Gasteiger partial charge in [-0.1, -0.05) is 32.4 Å². The average Bonchev–Trinajstić information content (AvgIpc) is 2.37. The highest BCUT2D eigenvalue weighted by molar-refractivity contribution is 5.99. The van der Waals surface area contributed by atoms with Crippen molar-refractivity contribution in [1.29, 1.82) is 0 Å². The second-order valence-corrected chi connectivity index (χ2v) is 5.66. The maximum atomic E-state index is 12.3. The van der Waals surface area contributed by atoms with Gasteiger partial charge in [-0.25, -0.2) is 0 Å². The summed E-state index contributed by atoms with van der Waals surface area (Å²) < 4.78 is 0. The lowest BCUT2D eigenvalue weighted by molar-refractivity contribution is 0.0952. The van der Waals surface area contributed by atoms with Gasteiger partial charge in [0.2, 0.25) is 0 Å². The summed E-state index contributed by atoms with van der Waals surface area (Å²) >= 11 is 0. The number of carbonyl (C=O) groups is 1. The van der Waals surface area contributed by atoms with Crippen molar-refractivity contribution in [3.05, 3.63) is 41.5 Å². The monoisotopic (exact) mass is 259 g/mol.